The van der Waals surface area contributed by atoms with Gasteiger partial charge in [0.2, 0.25) is 5.91 Å². The first-order chi connectivity index (χ1) is 17.2. The van der Waals surface area contributed by atoms with E-state index in [1.165, 1.54) is 24.5 Å². The van der Waals surface area contributed by atoms with Crippen LogP contribution in [-0.2, 0) is 20.8 Å². The van der Waals surface area contributed by atoms with Gasteiger partial charge in [0.15, 0.2) is 5.78 Å². The molecule has 11 heteroatoms. The van der Waals surface area contributed by atoms with Crippen LogP contribution in [0, 0.1) is 5.92 Å². The third kappa shape index (κ3) is 7.43. The van der Waals surface area contributed by atoms with E-state index in [1.54, 1.807) is 18.2 Å². The molecule has 3 atom stereocenters. The number of ketones is 1. The number of furan rings is 1. The molecule has 2 aromatic rings. The normalized spacial score (nSPS) is 18.2. The average Bonchev–Trinajstić information content (AvgIpc) is 3.50. The highest BCUT2D eigenvalue weighted by Crippen LogP contribution is 2.27. The number of allylic oxidation sites excluding steroid dienone is 1. The van der Waals surface area contributed by atoms with Crippen molar-refractivity contribution in [1.29, 1.82) is 0 Å². The molecular weight excluding hydrogens is 509 g/mol. The van der Waals surface area contributed by atoms with Crippen LogP contribution in [0.25, 0.3) is 6.08 Å². The Balaban J connectivity index is 1.58. The van der Waals surface area contributed by atoms with Gasteiger partial charge in [-0.2, -0.15) is 0 Å². The first-order valence-electron chi connectivity index (χ1n) is 11.4. The topological polar surface area (TPSA) is 138 Å². The van der Waals surface area contributed by atoms with Gasteiger partial charge in [-0.05, 0) is 67.3 Å². The lowest BCUT2D eigenvalue weighted by Gasteiger charge is -2.19. The molecule has 0 radical (unpaired) electrons. The van der Waals surface area contributed by atoms with Crippen LogP contribution >= 0.6 is 23.2 Å². The third-order valence-corrected chi connectivity index (χ3v) is 6.46. The van der Waals surface area contributed by atoms with Crippen LogP contribution in [0.15, 0.2) is 41.0 Å². The highest BCUT2D eigenvalue weighted by atomic mass is 35.5. The van der Waals surface area contributed by atoms with Crippen LogP contribution in [0.3, 0.4) is 0 Å². The number of carboxylic acids is 1. The largest absolute Gasteiger partial charge is 0.480 e. The fourth-order valence-electron chi connectivity index (χ4n) is 3.83. The first kappa shape index (κ1) is 27.4. The van der Waals surface area contributed by atoms with Gasteiger partial charge in [-0.3, -0.25) is 14.4 Å². The van der Waals surface area contributed by atoms with Crippen molar-refractivity contribution in [1.82, 2.24) is 16.0 Å². The van der Waals surface area contributed by atoms with E-state index in [9.17, 15) is 24.3 Å². The maximum absolute atomic E-state index is 12.8. The van der Waals surface area contributed by atoms with E-state index in [4.69, 9.17) is 27.6 Å². The Labute approximate surface area is 218 Å². The summed E-state index contributed by atoms with van der Waals surface area (Å²) in [6.07, 6.45) is 5.86. The zero-order chi connectivity index (χ0) is 26.2. The number of amides is 2. The molecule has 0 bridgehead atoms. The van der Waals surface area contributed by atoms with E-state index in [1.807, 2.05) is 6.92 Å². The number of carboxylic acid groups (broad SMARTS) is 1. The molecule has 4 N–H and O–H groups in total. The third-order valence-electron chi connectivity index (χ3n) is 5.86. The molecule has 1 aromatic carbocycles. The Hall–Kier alpha value is -3.14. The van der Waals surface area contributed by atoms with Crippen molar-refractivity contribution in [3.8, 4) is 0 Å². The van der Waals surface area contributed by atoms with Gasteiger partial charge in [0.1, 0.15) is 11.8 Å². The van der Waals surface area contributed by atoms with Gasteiger partial charge < -0.3 is 25.5 Å². The zero-order valence-electron chi connectivity index (χ0n) is 19.6. The minimum absolute atomic E-state index is 0.0192. The smallest absolute Gasteiger partial charge is 0.328 e. The highest BCUT2D eigenvalue weighted by Gasteiger charge is 2.31. The fraction of sp³-hybridized carbons (Fsp3) is 0.360. The van der Waals surface area contributed by atoms with Crippen molar-refractivity contribution in [2.24, 2.45) is 5.92 Å². The van der Waals surface area contributed by atoms with Gasteiger partial charge >= 0.3 is 5.97 Å². The minimum Gasteiger partial charge on any atom is -0.480 e. The summed E-state index contributed by atoms with van der Waals surface area (Å²) in [4.78, 5) is 48.9. The summed E-state index contributed by atoms with van der Waals surface area (Å²) in [5.74, 6) is -1.87. The van der Waals surface area contributed by atoms with Crippen molar-refractivity contribution >= 4 is 52.8 Å². The van der Waals surface area contributed by atoms with E-state index in [-0.39, 0.29) is 46.2 Å². The molecule has 1 aromatic heterocycles. The minimum atomic E-state index is -1.39. The second-order valence-corrected chi connectivity index (χ2v) is 9.37. The Morgan fingerprint density at radius 1 is 1.25 bits per heavy atom. The molecule has 1 fully saturated rings. The molecule has 192 valence electrons. The van der Waals surface area contributed by atoms with Gasteiger partial charge in [-0.25, -0.2) is 4.79 Å². The standard InChI is InChI=1S/C25H27Cl2N3O6/c1-14-8-9-28-22(14)24(33)29-13-20(25(34)35)30-23(32)21-18(26)11-15(12-19(21)27)4-5-16(31)6-7-17-3-2-10-36-17/h2-3,6-7,10-12,14,20,22,28H,4-5,8-9,13H2,1H3,(H,29,33)(H,30,32)(H,34,35)/b7-6+/t14-,20-,22-/m0/s1. The van der Waals surface area contributed by atoms with Crippen LogP contribution in [0.5, 0.6) is 0 Å². The van der Waals surface area contributed by atoms with E-state index in [0.717, 1.165) is 6.42 Å². The van der Waals surface area contributed by atoms with Crippen LogP contribution in [0.2, 0.25) is 10.0 Å². The summed E-state index contributed by atoms with van der Waals surface area (Å²) >= 11 is 12.6. The molecule has 3 rings (SSSR count). The van der Waals surface area contributed by atoms with Crippen LogP contribution in [0.1, 0.15) is 41.4 Å². The number of halogens is 2. The van der Waals surface area contributed by atoms with E-state index < -0.39 is 24.0 Å². The van der Waals surface area contributed by atoms with Crippen molar-refractivity contribution in [3.63, 3.8) is 0 Å². The molecule has 2 amide bonds. The number of aliphatic carboxylic acids is 1. The summed E-state index contributed by atoms with van der Waals surface area (Å²) in [6, 6.07) is 4.67. The van der Waals surface area contributed by atoms with Crippen molar-refractivity contribution < 1.29 is 28.7 Å². The van der Waals surface area contributed by atoms with Crippen LogP contribution < -0.4 is 16.0 Å². The lowest BCUT2D eigenvalue weighted by Crippen LogP contribution is -2.52. The number of rotatable bonds is 11. The zero-order valence-corrected chi connectivity index (χ0v) is 21.1. The highest BCUT2D eigenvalue weighted by molar-refractivity contribution is 6.39. The van der Waals surface area contributed by atoms with Gasteiger partial charge in [0.25, 0.3) is 5.91 Å². The molecule has 1 aliphatic rings. The average molecular weight is 536 g/mol. The molecular formula is C25H27Cl2N3O6. The van der Waals surface area contributed by atoms with E-state index >= 15 is 0 Å². The van der Waals surface area contributed by atoms with Crippen molar-refractivity contribution in [2.75, 3.05) is 13.1 Å². The van der Waals surface area contributed by atoms with E-state index in [2.05, 4.69) is 16.0 Å². The van der Waals surface area contributed by atoms with Gasteiger partial charge in [0.05, 0.1) is 27.9 Å². The number of carbonyl (C=O) groups excluding carboxylic acids is 3. The molecule has 1 saturated heterocycles. The second kappa shape index (κ2) is 12.7. The second-order valence-electron chi connectivity index (χ2n) is 8.56. The summed E-state index contributed by atoms with van der Waals surface area (Å²) < 4.78 is 5.14. The fourth-order valence-corrected chi connectivity index (χ4v) is 4.53. The molecule has 36 heavy (non-hydrogen) atoms. The molecule has 0 saturated carbocycles. The molecule has 0 unspecified atom stereocenters. The molecule has 9 nitrogen and oxygen atoms in total. The van der Waals surface area contributed by atoms with Gasteiger partial charge in [-0.15, -0.1) is 0 Å². The number of nitrogens with one attached hydrogen (secondary N) is 3. The summed E-state index contributed by atoms with van der Waals surface area (Å²) in [7, 11) is 0. The van der Waals surface area contributed by atoms with E-state index in [0.29, 0.717) is 24.3 Å². The van der Waals surface area contributed by atoms with Crippen molar-refractivity contribution in [3.05, 3.63) is 63.5 Å². The summed E-state index contributed by atoms with van der Waals surface area (Å²) in [5.41, 5.74) is 0.552. The van der Waals surface area contributed by atoms with Crippen LogP contribution in [-0.4, -0.2) is 53.8 Å². The number of hydrogen-bond donors (Lipinski definition) is 4. The molecule has 1 aliphatic heterocycles. The quantitative estimate of drug-likeness (QED) is 0.324. The SMILES string of the molecule is C[C@H]1CCN[C@@H]1C(=O)NC[C@H](NC(=O)c1c(Cl)cc(CCC(=O)/C=C/c2ccco2)cc1Cl)C(=O)O. The molecule has 0 aliphatic carbocycles. The molecule has 0 spiro atoms. The summed E-state index contributed by atoms with van der Waals surface area (Å²) in [6.45, 7) is 2.34. The van der Waals surface area contributed by atoms with Gasteiger partial charge in [0, 0.05) is 13.0 Å². The number of benzene rings is 1. The summed E-state index contributed by atoms with van der Waals surface area (Å²) in [5, 5.41) is 17.5. The van der Waals surface area contributed by atoms with Crippen molar-refractivity contribution in [2.45, 2.75) is 38.3 Å². The maximum atomic E-state index is 12.8. The van der Waals surface area contributed by atoms with Crippen LogP contribution in [0.4, 0.5) is 0 Å². The lowest BCUT2D eigenvalue weighted by atomic mass is 10.0. The Kier molecular flexibility index (Phi) is 9.69. The van der Waals surface area contributed by atoms with Gasteiger partial charge in [-0.1, -0.05) is 30.1 Å². The lowest BCUT2D eigenvalue weighted by molar-refractivity contribution is -0.139. The maximum Gasteiger partial charge on any atom is 0.328 e. The number of carbonyl (C=O) groups is 4. The monoisotopic (exact) mass is 535 g/mol. The number of hydrogen-bond acceptors (Lipinski definition) is 6. The number of aryl methyl sites for hydroxylation is 1. The first-order valence-corrected chi connectivity index (χ1v) is 12.2. The molecule has 2 heterocycles. The Bertz CT molecular complexity index is 1130. The predicted octanol–water partition coefficient (Wildman–Crippen LogP) is 3.10. The Morgan fingerprint density at radius 2 is 1.97 bits per heavy atom. The Morgan fingerprint density at radius 3 is 2.56 bits per heavy atom. The predicted molar refractivity (Wildman–Crippen MR) is 135 cm³/mol.